The number of carboxylic acids is 1. The summed E-state index contributed by atoms with van der Waals surface area (Å²) in [6, 6.07) is 16.1. The molecule has 1 heterocycles. The molecule has 1 aliphatic rings. The number of amides is 3. The van der Waals surface area contributed by atoms with Gasteiger partial charge in [0.2, 0.25) is 5.91 Å². The van der Waals surface area contributed by atoms with Crippen LogP contribution in [0.4, 0.5) is 0 Å². The number of hydrogen-bond acceptors (Lipinski definition) is 4. The van der Waals surface area contributed by atoms with Gasteiger partial charge in [-0.25, -0.2) is 0 Å². The molecule has 0 saturated carbocycles. The minimum Gasteiger partial charge on any atom is -0.481 e. The van der Waals surface area contributed by atoms with Gasteiger partial charge < -0.3 is 10.4 Å². The Morgan fingerprint density at radius 1 is 0.871 bits per heavy atom. The average molecular weight is 422 g/mol. The molecule has 2 aromatic carbocycles. The van der Waals surface area contributed by atoms with E-state index in [1.54, 1.807) is 24.3 Å². The van der Waals surface area contributed by atoms with Crippen molar-refractivity contribution >= 4 is 23.7 Å². The molecule has 1 aliphatic heterocycles. The van der Waals surface area contributed by atoms with Gasteiger partial charge in [-0.2, -0.15) is 0 Å². The number of unbranched alkanes of at least 4 members (excludes halogenated alkanes) is 2. The second-order valence-electron chi connectivity index (χ2n) is 7.63. The molecule has 31 heavy (non-hydrogen) atoms. The highest BCUT2D eigenvalue weighted by Crippen LogP contribution is 2.23. The first kappa shape index (κ1) is 22.2. The van der Waals surface area contributed by atoms with Crippen molar-refractivity contribution in [3.8, 4) is 0 Å². The topological polar surface area (TPSA) is 104 Å². The zero-order valence-corrected chi connectivity index (χ0v) is 17.3. The molecule has 0 fully saturated rings. The lowest BCUT2D eigenvalue weighted by atomic mass is 9.95. The van der Waals surface area contributed by atoms with Crippen LogP contribution in [0.2, 0.25) is 0 Å². The van der Waals surface area contributed by atoms with Crippen molar-refractivity contribution in [2.24, 2.45) is 0 Å². The van der Waals surface area contributed by atoms with E-state index < -0.39 is 5.97 Å². The number of imide groups is 1. The molecule has 162 valence electrons. The van der Waals surface area contributed by atoms with E-state index in [4.69, 9.17) is 5.11 Å². The SMILES string of the molecule is O=C(O)C[C@H](CNC(=O)CCCCCN1C(=O)c2ccccc2C1=O)c1ccccc1. The van der Waals surface area contributed by atoms with Crippen LogP contribution in [0.1, 0.15) is 64.3 Å². The van der Waals surface area contributed by atoms with E-state index in [0.29, 0.717) is 43.4 Å². The standard InChI is InChI=1S/C24H26N2O5/c27-21(25-16-18(15-22(28)29)17-9-3-1-4-10-17)13-5-2-8-14-26-23(30)19-11-6-7-12-20(19)24(26)31/h1,3-4,6-7,9-12,18H,2,5,8,13-16H2,(H,25,27)(H,28,29)/t18-/m1/s1. The Hall–Kier alpha value is -3.48. The Morgan fingerprint density at radius 3 is 2.10 bits per heavy atom. The molecule has 0 spiro atoms. The third kappa shape index (κ3) is 5.78. The fraction of sp³-hybridized carbons (Fsp3) is 0.333. The molecule has 1 atom stereocenters. The highest BCUT2D eigenvalue weighted by molar-refractivity contribution is 6.21. The molecule has 0 radical (unpaired) electrons. The summed E-state index contributed by atoms with van der Waals surface area (Å²) in [5.74, 6) is -1.84. The molecular formula is C24H26N2O5. The maximum Gasteiger partial charge on any atom is 0.304 e. The Balaban J connectivity index is 1.37. The molecule has 7 nitrogen and oxygen atoms in total. The third-order valence-electron chi connectivity index (χ3n) is 5.40. The third-order valence-corrected chi connectivity index (χ3v) is 5.40. The Morgan fingerprint density at radius 2 is 1.48 bits per heavy atom. The molecule has 0 aliphatic carbocycles. The largest absolute Gasteiger partial charge is 0.481 e. The normalized spacial score (nSPS) is 13.7. The van der Waals surface area contributed by atoms with Crippen LogP contribution < -0.4 is 5.32 Å². The first-order valence-electron chi connectivity index (χ1n) is 10.5. The van der Waals surface area contributed by atoms with Crippen molar-refractivity contribution in [1.82, 2.24) is 10.2 Å². The molecule has 0 saturated heterocycles. The predicted molar refractivity (Wildman–Crippen MR) is 115 cm³/mol. The number of rotatable bonds is 11. The molecular weight excluding hydrogens is 396 g/mol. The fourth-order valence-corrected chi connectivity index (χ4v) is 3.74. The number of carboxylic acid groups (broad SMARTS) is 1. The van der Waals surface area contributed by atoms with E-state index in [1.165, 1.54) is 4.90 Å². The van der Waals surface area contributed by atoms with E-state index >= 15 is 0 Å². The van der Waals surface area contributed by atoms with Crippen molar-refractivity contribution < 1.29 is 24.3 Å². The van der Waals surface area contributed by atoms with Gasteiger partial charge >= 0.3 is 5.97 Å². The van der Waals surface area contributed by atoms with Crippen molar-refractivity contribution in [2.75, 3.05) is 13.1 Å². The van der Waals surface area contributed by atoms with Gasteiger partial charge in [-0.15, -0.1) is 0 Å². The number of carbonyl (C=O) groups is 4. The van der Waals surface area contributed by atoms with Crippen LogP contribution in [0.5, 0.6) is 0 Å². The van der Waals surface area contributed by atoms with E-state index in [2.05, 4.69) is 5.32 Å². The highest BCUT2D eigenvalue weighted by Gasteiger charge is 2.34. The number of carbonyl (C=O) groups excluding carboxylic acids is 3. The lowest BCUT2D eigenvalue weighted by Gasteiger charge is -2.16. The van der Waals surface area contributed by atoms with Crippen LogP contribution in [0.25, 0.3) is 0 Å². The van der Waals surface area contributed by atoms with Gasteiger partial charge in [0.15, 0.2) is 0 Å². The Kier molecular flexibility index (Phi) is 7.54. The van der Waals surface area contributed by atoms with E-state index in [0.717, 1.165) is 5.56 Å². The number of aliphatic carboxylic acids is 1. The smallest absolute Gasteiger partial charge is 0.304 e. The number of nitrogens with zero attached hydrogens (tertiary/aromatic N) is 1. The molecule has 3 rings (SSSR count). The minimum atomic E-state index is -0.906. The summed E-state index contributed by atoms with van der Waals surface area (Å²) in [5.41, 5.74) is 1.77. The van der Waals surface area contributed by atoms with Gasteiger partial charge in [0.25, 0.3) is 11.8 Å². The summed E-state index contributed by atoms with van der Waals surface area (Å²) in [7, 11) is 0. The predicted octanol–water partition coefficient (Wildman–Crippen LogP) is 3.22. The molecule has 3 amide bonds. The van der Waals surface area contributed by atoms with Crippen molar-refractivity contribution in [3.63, 3.8) is 0 Å². The van der Waals surface area contributed by atoms with Gasteiger partial charge in [-0.3, -0.25) is 24.1 Å². The Bertz CT molecular complexity index is 922. The quantitative estimate of drug-likeness (QED) is 0.427. The molecule has 0 bridgehead atoms. The van der Waals surface area contributed by atoms with Crippen LogP contribution >= 0.6 is 0 Å². The van der Waals surface area contributed by atoms with Crippen LogP contribution in [-0.2, 0) is 9.59 Å². The summed E-state index contributed by atoms with van der Waals surface area (Å²) in [4.78, 5) is 49.2. The van der Waals surface area contributed by atoms with Gasteiger partial charge in [0, 0.05) is 25.4 Å². The van der Waals surface area contributed by atoms with E-state index in [-0.39, 0.29) is 36.6 Å². The van der Waals surface area contributed by atoms with Crippen LogP contribution in [0.3, 0.4) is 0 Å². The second kappa shape index (κ2) is 10.5. The zero-order chi connectivity index (χ0) is 22.2. The van der Waals surface area contributed by atoms with E-state index in [9.17, 15) is 19.2 Å². The van der Waals surface area contributed by atoms with Gasteiger partial charge in [-0.1, -0.05) is 48.9 Å². The number of benzene rings is 2. The molecule has 0 unspecified atom stereocenters. The van der Waals surface area contributed by atoms with Crippen LogP contribution in [0.15, 0.2) is 54.6 Å². The monoisotopic (exact) mass is 422 g/mol. The molecule has 7 heteroatoms. The minimum absolute atomic E-state index is 0.0510. The average Bonchev–Trinajstić information content (AvgIpc) is 3.01. The first-order chi connectivity index (χ1) is 15.0. The van der Waals surface area contributed by atoms with Gasteiger partial charge in [0.1, 0.15) is 0 Å². The number of nitrogens with one attached hydrogen (secondary N) is 1. The van der Waals surface area contributed by atoms with Crippen LogP contribution in [0, 0.1) is 0 Å². The molecule has 2 aromatic rings. The lowest BCUT2D eigenvalue weighted by Crippen LogP contribution is -2.31. The first-order valence-corrected chi connectivity index (χ1v) is 10.5. The summed E-state index contributed by atoms with van der Waals surface area (Å²) in [6.07, 6.45) is 2.23. The van der Waals surface area contributed by atoms with Crippen molar-refractivity contribution in [1.29, 1.82) is 0 Å². The number of hydrogen-bond donors (Lipinski definition) is 2. The molecule has 2 N–H and O–H groups in total. The highest BCUT2D eigenvalue weighted by atomic mass is 16.4. The van der Waals surface area contributed by atoms with Crippen molar-refractivity contribution in [3.05, 3.63) is 71.3 Å². The lowest BCUT2D eigenvalue weighted by molar-refractivity contribution is -0.137. The maximum atomic E-state index is 12.3. The number of fused-ring (bicyclic) bond motifs is 1. The molecule has 0 aromatic heterocycles. The zero-order valence-electron chi connectivity index (χ0n) is 17.3. The van der Waals surface area contributed by atoms with Crippen molar-refractivity contribution in [2.45, 2.75) is 38.0 Å². The van der Waals surface area contributed by atoms with E-state index in [1.807, 2.05) is 30.3 Å². The Labute approximate surface area is 181 Å². The van der Waals surface area contributed by atoms with Crippen LogP contribution in [-0.4, -0.2) is 46.8 Å². The summed E-state index contributed by atoms with van der Waals surface area (Å²) in [6.45, 7) is 0.604. The maximum absolute atomic E-state index is 12.3. The van der Waals surface area contributed by atoms with Gasteiger partial charge in [-0.05, 0) is 30.5 Å². The summed E-state index contributed by atoms with van der Waals surface area (Å²) < 4.78 is 0. The second-order valence-corrected chi connectivity index (χ2v) is 7.63. The fourth-order valence-electron chi connectivity index (χ4n) is 3.74. The summed E-state index contributed by atoms with van der Waals surface area (Å²) >= 11 is 0. The van der Waals surface area contributed by atoms with Gasteiger partial charge in [0.05, 0.1) is 17.5 Å². The summed E-state index contributed by atoms with van der Waals surface area (Å²) in [5, 5.41) is 12.0.